The van der Waals surface area contributed by atoms with Crippen molar-refractivity contribution in [1.82, 2.24) is 4.90 Å². The van der Waals surface area contributed by atoms with Crippen molar-refractivity contribution in [2.75, 3.05) is 19.6 Å². The molecule has 0 amide bonds. The fraction of sp³-hybridized carbons (Fsp3) is 0.538. The van der Waals surface area contributed by atoms with E-state index < -0.39 is 17.8 Å². The second-order valence-corrected chi connectivity index (χ2v) is 4.65. The van der Waals surface area contributed by atoms with Gasteiger partial charge in [-0.2, -0.15) is 13.2 Å². The zero-order chi connectivity index (χ0) is 13.2. The van der Waals surface area contributed by atoms with Gasteiger partial charge in [0.2, 0.25) is 0 Å². The van der Waals surface area contributed by atoms with Gasteiger partial charge in [0.1, 0.15) is 0 Å². The second-order valence-electron chi connectivity index (χ2n) is 4.65. The molecule has 2 nitrogen and oxygen atoms in total. The quantitative estimate of drug-likeness (QED) is 0.902. The van der Waals surface area contributed by atoms with Gasteiger partial charge in [-0.05, 0) is 43.6 Å². The summed E-state index contributed by atoms with van der Waals surface area (Å²) in [6, 6.07) is 4.92. The van der Waals surface area contributed by atoms with Crippen LogP contribution in [-0.2, 0) is 6.18 Å². The Kier molecular flexibility index (Phi) is 3.92. The van der Waals surface area contributed by atoms with Crippen molar-refractivity contribution in [1.29, 1.82) is 0 Å². The molecule has 0 bridgehead atoms. The van der Waals surface area contributed by atoms with Gasteiger partial charge < -0.3 is 10.0 Å². The van der Waals surface area contributed by atoms with Crippen LogP contribution in [0.4, 0.5) is 13.2 Å². The van der Waals surface area contributed by atoms with Gasteiger partial charge in [-0.15, -0.1) is 0 Å². The minimum absolute atomic E-state index is 0.330. The Morgan fingerprint density at radius 2 is 1.89 bits per heavy atom. The van der Waals surface area contributed by atoms with Crippen LogP contribution in [0.3, 0.4) is 0 Å². The van der Waals surface area contributed by atoms with Crippen molar-refractivity contribution in [2.45, 2.75) is 25.1 Å². The summed E-state index contributed by atoms with van der Waals surface area (Å²) in [6.45, 7) is 2.23. The highest BCUT2D eigenvalue weighted by Gasteiger charge is 2.31. The van der Waals surface area contributed by atoms with Crippen molar-refractivity contribution in [3.05, 3.63) is 35.4 Å². The predicted molar refractivity (Wildman–Crippen MR) is 62.1 cm³/mol. The van der Waals surface area contributed by atoms with Gasteiger partial charge in [0.15, 0.2) is 0 Å². The lowest BCUT2D eigenvalue weighted by Crippen LogP contribution is -2.25. The maximum atomic E-state index is 12.5. The minimum Gasteiger partial charge on any atom is -0.387 e. The first kappa shape index (κ1) is 13.4. The SMILES string of the molecule is OC(CN1CCCC1)c1cccc(C(F)(F)F)c1. The number of halogens is 3. The molecule has 1 unspecified atom stereocenters. The van der Waals surface area contributed by atoms with Crippen LogP contribution in [0, 0.1) is 0 Å². The average molecular weight is 259 g/mol. The van der Waals surface area contributed by atoms with Gasteiger partial charge in [-0.1, -0.05) is 12.1 Å². The molecule has 1 aliphatic rings. The van der Waals surface area contributed by atoms with Crippen LogP contribution in [0.1, 0.15) is 30.1 Å². The molecule has 0 aliphatic carbocycles. The van der Waals surface area contributed by atoms with Gasteiger partial charge in [-0.3, -0.25) is 0 Å². The molecule has 1 atom stereocenters. The Hall–Kier alpha value is -1.07. The first-order chi connectivity index (χ1) is 8.47. The summed E-state index contributed by atoms with van der Waals surface area (Å²) >= 11 is 0. The molecule has 1 aromatic carbocycles. The van der Waals surface area contributed by atoms with Gasteiger partial charge in [0.25, 0.3) is 0 Å². The van der Waals surface area contributed by atoms with Crippen LogP contribution in [-0.4, -0.2) is 29.6 Å². The number of hydrogen-bond donors (Lipinski definition) is 1. The predicted octanol–water partition coefficient (Wildman–Crippen LogP) is 2.83. The highest BCUT2D eigenvalue weighted by molar-refractivity contribution is 5.27. The van der Waals surface area contributed by atoms with E-state index in [4.69, 9.17) is 0 Å². The standard InChI is InChI=1S/C13H16F3NO/c14-13(15,16)11-5-3-4-10(8-11)12(18)9-17-6-1-2-7-17/h3-5,8,12,18H,1-2,6-7,9H2. The van der Waals surface area contributed by atoms with E-state index in [-0.39, 0.29) is 0 Å². The summed E-state index contributed by atoms with van der Waals surface area (Å²) in [5.41, 5.74) is -0.378. The molecule has 1 heterocycles. The number of nitrogens with zero attached hydrogens (tertiary/aromatic N) is 1. The third kappa shape index (κ3) is 3.23. The highest BCUT2D eigenvalue weighted by Crippen LogP contribution is 2.31. The Bertz CT molecular complexity index is 399. The first-order valence-electron chi connectivity index (χ1n) is 6.04. The number of rotatable bonds is 3. The van der Waals surface area contributed by atoms with Crippen LogP contribution < -0.4 is 0 Å². The Labute approximate surface area is 104 Å². The van der Waals surface area contributed by atoms with E-state index >= 15 is 0 Å². The maximum Gasteiger partial charge on any atom is 0.416 e. The van der Waals surface area contributed by atoms with E-state index in [1.807, 2.05) is 0 Å². The topological polar surface area (TPSA) is 23.5 Å². The molecule has 0 radical (unpaired) electrons. The maximum absolute atomic E-state index is 12.5. The van der Waals surface area contributed by atoms with Gasteiger partial charge in [-0.25, -0.2) is 0 Å². The molecule has 0 aromatic heterocycles. The number of alkyl halides is 3. The van der Waals surface area contributed by atoms with E-state index in [0.717, 1.165) is 38.1 Å². The zero-order valence-electron chi connectivity index (χ0n) is 9.95. The molecule has 100 valence electrons. The number of aliphatic hydroxyl groups excluding tert-OH is 1. The van der Waals surface area contributed by atoms with Crippen molar-refractivity contribution in [2.24, 2.45) is 0 Å². The van der Waals surface area contributed by atoms with Crippen molar-refractivity contribution >= 4 is 0 Å². The van der Waals surface area contributed by atoms with Crippen LogP contribution in [0.2, 0.25) is 0 Å². The van der Waals surface area contributed by atoms with Crippen LogP contribution in [0.5, 0.6) is 0 Å². The first-order valence-corrected chi connectivity index (χ1v) is 6.04. The van der Waals surface area contributed by atoms with Gasteiger partial charge >= 0.3 is 6.18 Å². The van der Waals surface area contributed by atoms with E-state index in [1.54, 1.807) is 0 Å². The third-order valence-corrected chi connectivity index (χ3v) is 3.23. The fourth-order valence-corrected chi connectivity index (χ4v) is 2.24. The molecular formula is C13H16F3NO. The van der Waals surface area contributed by atoms with Crippen molar-refractivity contribution in [3.63, 3.8) is 0 Å². The van der Waals surface area contributed by atoms with E-state index in [9.17, 15) is 18.3 Å². The second kappa shape index (κ2) is 5.28. The largest absolute Gasteiger partial charge is 0.416 e. The summed E-state index contributed by atoms with van der Waals surface area (Å²) in [5.74, 6) is 0. The summed E-state index contributed by atoms with van der Waals surface area (Å²) < 4.78 is 37.6. The highest BCUT2D eigenvalue weighted by atomic mass is 19.4. The molecule has 1 saturated heterocycles. The van der Waals surface area contributed by atoms with E-state index in [1.165, 1.54) is 12.1 Å². The number of hydrogen-bond acceptors (Lipinski definition) is 2. The minimum atomic E-state index is -4.36. The van der Waals surface area contributed by atoms with Gasteiger partial charge in [0.05, 0.1) is 11.7 Å². The zero-order valence-corrected chi connectivity index (χ0v) is 9.95. The van der Waals surface area contributed by atoms with Crippen LogP contribution in [0.25, 0.3) is 0 Å². The normalized spacial score (nSPS) is 19.1. The molecule has 0 saturated carbocycles. The molecule has 1 aromatic rings. The lowest BCUT2D eigenvalue weighted by atomic mass is 10.1. The molecular weight excluding hydrogens is 243 g/mol. The number of benzene rings is 1. The summed E-state index contributed by atoms with van der Waals surface area (Å²) in [4.78, 5) is 2.07. The van der Waals surface area contributed by atoms with Crippen LogP contribution in [0.15, 0.2) is 24.3 Å². The third-order valence-electron chi connectivity index (χ3n) is 3.23. The molecule has 2 rings (SSSR count). The van der Waals surface area contributed by atoms with Crippen molar-refractivity contribution < 1.29 is 18.3 Å². The number of likely N-dealkylation sites (tertiary alicyclic amines) is 1. The van der Waals surface area contributed by atoms with Crippen molar-refractivity contribution in [3.8, 4) is 0 Å². The monoisotopic (exact) mass is 259 g/mol. The van der Waals surface area contributed by atoms with Gasteiger partial charge in [0, 0.05) is 6.54 Å². The molecule has 5 heteroatoms. The molecule has 18 heavy (non-hydrogen) atoms. The summed E-state index contributed by atoms with van der Waals surface area (Å²) in [5, 5.41) is 9.96. The average Bonchev–Trinajstić information content (AvgIpc) is 2.81. The Morgan fingerprint density at radius 3 is 2.50 bits per heavy atom. The lowest BCUT2D eigenvalue weighted by Gasteiger charge is -2.20. The number of β-amino-alcohol motifs (C(OH)–C–C–N with tert-alkyl or cyclic N) is 1. The molecule has 0 spiro atoms. The van der Waals surface area contributed by atoms with E-state index in [2.05, 4.69) is 4.90 Å². The fourth-order valence-electron chi connectivity index (χ4n) is 2.24. The molecule has 1 aliphatic heterocycles. The molecule has 1 fully saturated rings. The Morgan fingerprint density at radius 1 is 1.22 bits per heavy atom. The smallest absolute Gasteiger partial charge is 0.387 e. The summed E-state index contributed by atoms with van der Waals surface area (Å²) in [7, 11) is 0. The molecule has 1 N–H and O–H groups in total. The number of aliphatic hydroxyl groups is 1. The summed E-state index contributed by atoms with van der Waals surface area (Å²) in [6.07, 6.45) is -3.03. The Balaban J connectivity index is 2.07. The van der Waals surface area contributed by atoms with Crippen LogP contribution >= 0.6 is 0 Å². The lowest BCUT2D eigenvalue weighted by molar-refractivity contribution is -0.137. The van der Waals surface area contributed by atoms with E-state index in [0.29, 0.717) is 12.1 Å².